The number of benzene rings is 1. The molecule has 0 amide bonds. The summed E-state index contributed by atoms with van der Waals surface area (Å²) in [5.41, 5.74) is 6.43. The third-order valence-electron chi connectivity index (χ3n) is 3.92. The molecule has 2 aromatic rings. The zero-order valence-electron chi connectivity index (χ0n) is 12.9. The number of aldehydes is 1. The Kier molecular flexibility index (Phi) is 3.98. The van der Waals surface area contributed by atoms with Crippen LogP contribution in [0.1, 0.15) is 34.2 Å². The standard InChI is InChI=1S/C17H22N2O/c1-6-16-12(2)19(13(3)17(16)11-20)15-9-7-14(8-10-15)18(4)5/h7-11H,6H2,1-5H3. The maximum Gasteiger partial charge on any atom is 0.152 e. The Balaban J connectivity index is 2.58. The molecule has 0 bridgehead atoms. The van der Waals surface area contributed by atoms with Crippen molar-refractivity contribution in [1.82, 2.24) is 4.57 Å². The van der Waals surface area contributed by atoms with Gasteiger partial charge < -0.3 is 9.47 Å². The molecule has 0 saturated carbocycles. The van der Waals surface area contributed by atoms with E-state index in [-0.39, 0.29) is 0 Å². The molecule has 0 aliphatic heterocycles. The fourth-order valence-corrected chi connectivity index (χ4v) is 2.81. The molecule has 2 rings (SSSR count). The summed E-state index contributed by atoms with van der Waals surface area (Å²) in [6, 6.07) is 8.40. The van der Waals surface area contributed by atoms with Crippen LogP contribution in [0.15, 0.2) is 24.3 Å². The Bertz CT molecular complexity index is 621. The fourth-order valence-electron chi connectivity index (χ4n) is 2.81. The highest BCUT2D eigenvalue weighted by molar-refractivity contribution is 5.80. The van der Waals surface area contributed by atoms with Gasteiger partial charge >= 0.3 is 0 Å². The number of carbonyl (C=O) groups excluding carboxylic acids is 1. The summed E-state index contributed by atoms with van der Waals surface area (Å²) in [6.07, 6.45) is 1.86. The van der Waals surface area contributed by atoms with E-state index in [1.54, 1.807) is 0 Å². The third-order valence-corrected chi connectivity index (χ3v) is 3.92. The third kappa shape index (κ3) is 2.24. The number of nitrogens with zero attached hydrogens (tertiary/aromatic N) is 2. The van der Waals surface area contributed by atoms with Gasteiger partial charge in [-0.05, 0) is 50.1 Å². The molecule has 1 aromatic heterocycles. The van der Waals surface area contributed by atoms with Crippen LogP contribution in [0.5, 0.6) is 0 Å². The normalized spacial score (nSPS) is 10.7. The summed E-state index contributed by atoms with van der Waals surface area (Å²) >= 11 is 0. The largest absolute Gasteiger partial charge is 0.378 e. The van der Waals surface area contributed by atoms with Crippen molar-refractivity contribution in [3.05, 3.63) is 46.8 Å². The van der Waals surface area contributed by atoms with Gasteiger partial charge in [-0.3, -0.25) is 4.79 Å². The van der Waals surface area contributed by atoms with Crippen molar-refractivity contribution in [3.63, 3.8) is 0 Å². The van der Waals surface area contributed by atoms with Crippen molar-refractivity contribution in [2.75, 3.05) is 19.0 Å². The zero-order valence-corrected chi connectivity index (χ0v) is 12.9. The molecule has 0 N–H and O–H groups in total. The lowest BCUT2D eigenvalue weighted by Crippen LogP contribution is -2.08. The van der Waals surface area contributed by atoms with Crippen LogP contribution < -0.4 is 4.90 Å². The van der Waals surface area contributed by atoms with Crippen LogP contribution in [0.2, 0.25) is 0 Å². The molecule has 0 unspecified atom stereocenters. The lowest BCUT2D eigenvalue weighted by Gasteiger charge is -2.15. The molecule has 1 heterocycles. The lowest BCUT2D eigenvalue weighted by molar-refractivity contribution is 0.112. The lowest BCUT2D eigenvalue weighted by atomic mass is 10.1. The molecule has 3 nitrogen and oxygen atoms in total. The number of anilines is 1. The predicted molar refractivity (Wildman–Crippen MR) is 84.3 cm³/mol. The minimum atomic E-state index is 0.835. The van der Waals surface area contributed by atoms with Crippen LogP contribution in [0.3, 0.4) is 0 Å². The van der Waals surface area contributed by atoms with Crippen molar-refractivity contribution >= 4 is 12.0 Å². The van der Waals surface area contributed by atoms with Crippen LogP contribution in [0.25, 0.3) is 5.69 Å². The maximum absolute atomic E-state index is 11.3. The number of carbonyl (C=O) groups is 1. The monoisotopic (exact) mass is 270 g/mol. The maximum atomic E-state index is 11.3. The highest BCUT2D eigenvalue weighted by Gasteiger charge is 2.16. The summed E-state index contributed by atoms with van der Waals surface area (Å²) in [6.45, 7) is 6.18. The first-order valence-electron chi connectivity index (χ1n) is 6.95. The van der Waals surface area contributed by atoms with E-state index in [9.17, 15) is 4.79 Å². The smallest absolute Gasteiger partial charge is 0.152 e. The number of hydrogen-bond donors (Lipinski definition) is 0. The molecule has 1 aromatic carbocycles. The van der Waals surface area contributed by atoms with E-state index < -0.39 is 0 Å². The van der Waals surface area contributed by atoms with Crippen molar-refractivity contribution in [2.24, 2.45) is 0 Å². The molecule has 3 heteroatoms. The molecule has 0 atom stereocenters. The molecule has 0 aliphatic carbocycles. The highest BCUT2D eigenvalue weighted by atomic mass is 16.1. The SMILES string of the molecule is CCc1c(C=O)c(C)n(-c2ccc(N(C)C)cc2)c1C. The number of rotatable bonds is 4. The van der Waals surface area contributed by atoms with Crippen LogP contribution in [-0.2, 0) is 6.42 Å². The van der Waals surface area contributed by atoms with Gasteiger partial charge in [-0.15, -0.1) is 0 Å². The van der Waals surface area contributed by atoms with Crippen LogP contribution >= 0.6 is 0 Å². The van der Waals surface area contributed by atoms with Crippen molar-refractivity contribution in [3.8, 4) is 5.69 Å². The Morgan fingerprint density at radius 1 is 1.10 bits per heavy atom. The van der Waals surface area contributed by atoms with E-state index in [2.05, 4.69) is 47.6 Å². The van der Waals surface area contributed by atoms with Gasteiger partial charge in [-0.25, -0.2) is 0 Å². The first-order valence-corrected chi connectivity index (χ1v) is 6.95. The average Bonchev–Trinajstić information content (AvgIpc) is 2.68. The van der Waals surface area contributed by atoms with E-state index >= 15 is 0 Å². The number of hydrogen-bond acceptors (Lipinski definition) is 2. The van der Waals surface area contributed by atoms with Gasteiger partial charge in [0.05, 0.1) is 0 Å². The van der Waals surface area contributed by atoms with E-state index in [1.807, 2.05) is 21.0 Å². The minimum absolute atomic E-state index is 0.835. The summed E-state index contributed by atoms with van der Waals surface area (Å²) < 4.78 is 2.17. The summed E-state index contributed by atoms with van der Waals surface area (Å²) in [7, 11) is 4.06. The molecule has 0 spiro atoms. The molecule has 0 saturated heterocycles. The Labute approximate surface area is 120 Å². The topological polar surface area (TPSA) is 25.2 Å². The molecule has 0 fully saturated rings. The molecule has 0 aliphatic rings. The Hall–Kier alpha value is -2.03. The molecule has 106 valence electrons. The summed E-state index contributed by atoms with van der Waals surface area (Å²) in [5.74, 6) is 0. The van der Waals surface area contributed by atoms with E-state index in [1.165, 1.54) is 5.69 Å². The van der Waals surface area contributed by atoms with Crippen molar-refractivity contribution in [1.29, 1.82) is 0 Å². The Morgan fingerprint density at radius 2 is 1.70 bits per heavy atom. The first kappa shape index (κ1) is 14.4. The van der Waals surface area contributed by atoms with Gasteiger partial charge in [0, 0.05) is 42.4 Å². The summed E-state index contributed by atoms with van der Waals surface area (Å²) in [5, 5.41) is 0. The highest BCUT2D eigenvalue weighted by Crippen LogP contribution is 2.26. The molecule has 20 heavy (non-hydrogen) atoms. The summed E-state index contributed by atoms with van der Waals surface area (Å²) in [4.78, 5) is 13.4. The van der Waals surface area contributed by atoms with Gasteiger partial charge in [-0.1, -0.05) is 6.92 Å². The Morgan fingerprint density at radius 3 is 2.10 bits per heavy atom. The van der Waals surface area contributed by atoms with E-state index in [0.29, 0.717) is 0 Å². The molecule has 0 radical (unpaired) electrons. The fraction of sp³-hybridized carbons (Fsp3) is 0.353. The van der Waals surface area contributed by atoms with Crippen LogP contribution in [0, 0.1) is 13.8 Å². The molecular weight excluding hydrogens is 248 g/mol. The average molecular weight is 270 g/mol. The van der Waals surface area contributed by atoms with E-state index in [4.69, 9.17) is 0 Å². The zero-order chi connectivity index (χ0) is 14.9. The molecular formula is C17H22N2O. The van der Waals surface area contributed by atoms with Crippen molar-refractivity contribution in [2.45, 2.75) is 27.2 Å². The number of aromatic nitrogens is 1. The van der Waals surface area contributed by atoms with E-state index in [0.717, 1.165) is 40.9 Å². The van der Waals surface area contributed by atoms with Gasteiger partial charge in [0.2, 0.25) is 0 Å². The van der Waals surface area contributed by atoms with Crippen LogP contribution in [0.4, 0.5) is 5.69 Å². The van der Waals surface area contributed by atoms with Gasteiger partial charge in [0.15, 0.2) is 6.29 Å². The van der Waals surface area contributed by atoms with Gasteiger partial charge in [0.1, 0.15) is 0 Å². The van der Waals surface area contributed by atoms with Gasteiger partial charge in [0.25, 0.3) is 0 Å². The first-order chi connectivity index (χ1) is 9.51. The van der Waals surface area contributed by atoms with Gasteiger partial charge in [-0.2, -0.15) is 0 Å². The second kappa shape index (κ2) is 5.53. The minimum Gasteiger partial charge on any atom is -0.378 e. The second-order valence-electron chi connectivity index (χ2n) is 5.28. The second-order valence-corrected chi connectivity index (χ2v) is 5.28. The predicted octanol–water partition coefficient (Wildman–Crippen LogP) is 3.54. The van der Waals surface area contributed by atoms with Crippen LogP contribution in [-0.4, -0.2) is 24.9 Å². The quantitative estimate of drug-likeness (QED) is 0.794. The van der Waals surface area contributed by atoms with Crippen molar-refractivity contribution < 1.29 is 4.79 Å².